The molecular formula is C12H15BrFNS. The maximum absolute atomic E-state index is 13.5. The fourth-order valence-corrected chi connectivity index (χ4v) is 3.35. The lowest BCUT2D eigenvalue weighted by Crippen LogP contribution is -2.33. The van der Waals surface area contributed by atoms with Crippen LogP contribution in [-0.4, -0.2) is 17.5 Å². The predicted molar refractivity (Wildman–Crippen MR) is 71.3 cm³/mol. The van der Waals surface area contributed by atoms with Crippen molar-refractivity contribution in [1.82, 2.24) is 5.32 Å². The first-order chi connectivity index (χ1) is 7.75. The second kappa shape index (κ2) is 6.03. The normalized spacial score (nSPS) is 21.0. The van der Waals surface area contributed by atoms with Crippen molar-refractivity contribution in [3.8, 4) is 0 Å². The number of halogens is 2. The monoisotopic (exact) mass is 303 g/mol. The van der Waals surface area contributed by atoms with Gasteiger partial charge in [0.15, 0.2) is 0 Å². The number of hydrogen-bond donors (Lipinski definition) is 1. The fraction of sp³-hybridized carbons (Fsp3) is 0.500. The Hall–Kier alpha value is -0.0600. The van der Waals surface area contributed by atoms with E-state index in [0.29, 0.717) is 12.6 Å². The summed E-state index contributed by atoms with van der Waals surface area (Å²) in [5.41, 5.74) is 0.741. The molecule has 1 aromatic carbocycles. The SMILES string of the molecule is Fc1ccc(Br)cc1CNC1CCCSC1. The van der Waals surface area contributed by atoms with Crippen LogP contribution in [0.2, 0.25) is 0 Å². The number of benzene rings is 1. The van der Waals surface area contributed by atoms with Gasteiger partial charge in [-0.3, -0.25) is 0 Å². The molecule has 1 aliphatic rings. The van der Waals surface area contributed by atoms with Gasteiger partial charge in [-0.15, -0.1) is 0 Å². The van der Waals surface area contributed by atoms with Gasteiger partial charge in [0.25, 0.3) is 0 Å². The van der Waals surface area contributed by atoms with E-state index in [9.17, 15) is 4.39 Å². The van der Waals surface area contributed by atoms with Crippen LogP contribution in [-0.2, 0) is 6.54 Å². The highest BCUT2D eigenvalue weighted by Crippen LogP contribution is 2.19. The third-order valence-corrected chi connectivity index (χ3v) is 4.46. The minimum atomic E-state index is -0.126. The molecule has 1 aromatic rings. The van der Waals surface area contributed by atoms with Gasteiger partial charge in [-0.05, 0) is 36.8 Å². The first kappa shape index (κ1) is 12.4. The Labute approximate surface area is 108 Å². The van der Waals surface area contributed by atoms with Crippen molar-refractivity contribution in [2.75, 3.05) is 11.5 Å². The van der Waals surface area contributed by atoms with Gasteiger partial charge in [0.1, 0.15) is 5.82 Å². The Morgan fingerprint density at radius 3 is 3.12 bits per heavy atom. The van der Waals surface area contributed by atoms with Gasteiger partial charge in [0.2, 0.25) is 0 Å². The molecule has 1 saturated heterocycles. The zero-order valence-electron chi connectivity index (χ0n) is 9.01. The van der Waals surface area contributed by atoms with Gasteiger partial charge in [-0.25, -0.2) is 4.39 Å². The molecule has 0 spiro atoms. The van der Waals surface area contributed by atoms with Crippen LogP contribution in [0.1, 0.15) is 18.4 Å². The molecule has 0 radical (unpaired) electrons. The van der Waals surface area contributed by atoms with Crippen LogP contribution >= 0.6 is 27.7 Å². The van der Waals surface area contributed by atoms with E-state index >= 15 is 0 Å². The lowest BCUT2D eigenvalue weighted by Gasteiger charge is -2.22. The molecule has 88 valence electrons. The van der Waals surface area contributed by atoms with E-state index in [1.165, 1.54) is 24.7 Å². The van der Waals surface area contributed by atoms with Crippen molar-refractivity contribution in [1.29, 1.82) is 0 Å². The molecule has 0 aliphatic carbocycles. The molecule has 1 aliphatic heterocycles. The van der Waals surface area contributed by atoms with Crippen LogP contribution < -0.4 is 5.32 Å². The van der Waals surface area contributed by atoms with Crippen molar-refractivity contribution in [2.45, 2.75) is 25.4 Å². The molecule has 2 rings (SSSR count). The summed E-state index contributed by atoms with van der Waals surface area (Å²) < 4.78 is 14.4. The summed E-state index contributed by atoms with van der Waals surface area (Å²) in [6.07, 6.45) is 2.48. The zero-order chi connectivity index (χ0) is 11.4. The van der Waals surface area contributed by atoms with E-state index in [2.05, 4.69) is 21.2 Å². The van der Waals surface area contributed by atoms with Crippen LogP contribution in [0.3, 0.4) is 0 Å². The summed E-state index contributed by atoms with van der Waals surface area (Å²) in [5.74, 6) is 2.29. The van der Waals surface area contributed by atoms with Crippen LogP contribution in [0.15, 0.2) is 22.7 Å². The maximum Gasteiger partial charge on any atom is 0.127 e. The van der Waals surface area contributed by atoms with Gasteiger partial charge >= 0.3 is 0 Å². The molecule has 1 atom stereocenters. The molecule has 0 aromatic heterocycles. The van der Waals surface area contributed by atoms with Gasteiger partial charge in [0, 0.05) is 28.4 Å². The van der Waals surface area contributed by atoms with Crippen LogP contribution in [0.4, 0.5) is 4.39 Å². The lowest BCUT2D eigenvalue weighted by molar-refractivity contribution is 0.496. The lowest BCUT2D eigenvalue weighted by atomic mass is 10.1. The van der Waals surface area contributed by atoms with Crippen molar-refractivity contribution < 1.29 is 4.39 Å². The third-order valence-electron chi connectivity index (χ3n) is 2.75. The largest absolute Gasteiger partial charge is 0.309 e. The maximum atomic E-state index is 13.5. The highest BCUT2D eigenvalue weighted by atomic mass is 79.9. The van der Waals surface area contributed by atoms with Gasteiger partial charge in [-0.1, -0.05) is 15.9 Å². The number of rotatable bonds is 3. The van der Waals surface area contributed by atoms with Gasteiger partial charge in [0.05, 0.1) is 0 Å². The highest BCUT2D eigenvalue weighted by molar-refractivity contribution is 9.10. The molecular weight excluding hydrogens is 289 g/mol. The molecule has 1 fully saturated rings. The molecule has 1 heterocycles. The number of thioether (sulfide) groups is 1. The van der Waals surface area contributed by atoms with Gasteiger partial charge in [-0.2, -0.15) is 11.8 Å². The van der Waals surface area contributed by atoms with Crippen LogP contribution in [0.5, 0.6) is 0 Å². The van der Waals surface area contributed by atoms with Crippen molar-refractivity contribution in [2.24, 2.45) is 0 Å². The standard InChI is InChI=1S/C12H15BrFNS/c13-10-3-4-12(14)9(6-10)7-15-11-2-1-5-16-8-11/h3-4,6,11,15H,1-2,5,7-8H2. The fourth-order valence-electron chi connectivity index (χ4n) is 1.83. The summed E-state index contributed by atoms with van der Waals surface area (Å²) in [4.78, 5) is 0. The van der Waals surface area contributed by atoms with Crippen LogP contribution in [0.25, 0.3) is 0 Å². The average molecular weight is 304 g/mol. The second-order valence-corrected chi connectivity index (χ2v) is 6.10. The first-order valence-corrected chi connectivity index (χ1v) is 7.45. The Morgan fingerprint density at radius 1 is 1.50 bits per heavy atom. The van der Waals surface area contributed by atoms with E-state index in [-0.39, 0.29) is 5.82 Å². The van der Waals surface area contributed by atoms with Crippen molar-refractivity contribution >= 4 is 27.7 Å². The molecule has 0 bridgehead atoms. The Kier molecular flexibility index (Phi) is 4.67. The Bertz CT molecular complexity index is 353. The third kappa shape index (κ3) is 3.47. The zero-order valence-corrected chi connectivity index (χ0v) is 11.4. The Balaban J connectivity index is 1.90. The van der Waals surface area contributed by atoms with E-state index in [4.69, 9.17) is 0 Å². The summed E-state index contributed by atoms with van der Waals surface area (Å²) in [7, 11) is 0. The van der Waals surface area contributed by atoms with E-state index in [1.807, 2.05) is 17.8 Å². The minimum absolute atomic E-state index is 0.126. The molecule has 0 saturated carbocycles. The average Bonchev–Trinajstić information content (AvgIpc) is 2.32. The highest BCUT2D eigenvalue weighted by Gasteiger charge is 2.13. The molecule has 1 N–H and O–H groups in total. The summed E-state index contributed by atoms with van der Waals surface area (Å²) in [6.45, 7) is 0.622. The second-order valence-electron chi connectivity index (χ2n) is 4.03. The van der Waals surface area contributed by atoms with Gasteiger partial charge < -0.3 is 5.32 Å². The molecule has 1 nitrogen and oxygen atoms in total. The topological polar surface area (TPSA) is 12.0 Å². The van der Waals surface area contributed by atoms with E-state index < -0.39 is 0 Å². The number of hydrogen-bond acceptors (Lipinski definition) is 2. The van der Waals surface area contributed by atoms with Crippen LogP contribution in [0, 0.1) is 5.82 Å². The van der Waals surface area contributed by atoms with Crippen molar-refractivity contribution in [3.63, 3.8) is 0 Å². The molecule has 0 amide bonds. The summed E-state index contributed by atoms with van der Waals surface area (Å²) in [6, 6.07) is 5.63. The predicted octanol–water partition coefficient (Wildman–Crippen LogP) is 3.57. The summed E-state index contributed by atoms with van der Waals surface area (Å²) in [5, 5.41) is 3.42. The number of nitrogens with one attached hydrogen (secondary N) is 1. The Morgan fingerprint density at radius 2 is 2.38 bits per heavy atom. The smallest absolute Gasteiger partial charge is 0.127 e. The quantitative estimate of drug-likeness (QED) is 0.916. The molecule has 1 unspecified atom stereocenters. The minimum Gasteiger partial charge on any atom is -0.309 e. The molecule has 4 heteroatoms. The first-order valence-electron chi connectivity index (χ1n) is 5.51. The summed E-state index contributed by atoms with van der Waals surface area (Å²) >= 11 is 5.34. The van der Waals surface area contributed by atoms with E-state index in [0.717, 1.165) is 15.8 Å². The molecule has 16 heavy (non-hydrogen) atoms. The van der Waals surface area contributed by atoms with Crippen molar-refractivity contribution in [3.05, 3.63) is 34.1 Å². The van der Waals surface area contributed by atoms with E-state index in [1.54, 1.807) is 6.07 Å².